The standard InChI is InChI=1S/C14H17NO2/c1-10-3-4-11(2)14(5-10)17-9-13-6-12(7-15)8-16-13/h3-6,8H,7,9,15H2,1-2H3. The van der Waals surface area contributed by atoms with Crippen LogP contribution in [0.4, 0.5) is 0 Å². The van der Waals surface area contributed by atoms with Gasteiger partial charge in [0.25, 0.3) is 0 Å². The van der Waals surface area contributed by atoms with Crippen LogP contribution in [0.15, 0.2) is 34.9 Å². The Kier molecular flexibility index (Phi) is 3.49. The molecule has 0 saturated carbocycles. The highest BCUT2D eigenvalue weighted by Crippen LogP contribution is 2.20. The minimum Gasteiger partial charge on any atom is -0.485 e. The van der Waals surface area contributed by atoms with Gasteiger partial charge in [-0.1, -0.05) is 12.1 Å². The van der Waals surface area contributed by atoms with Gasteiger partial charge in [0, 0.05) is 12.1 Å². The summed E-state index contributed by atoms with van der Waals surface area (Å²) in [7, 11) is 0. The van der Waals surface area contributed by atoms with Crippen LogP contribution in [0.25, 0.3) is 0 Å². The van der Waals surface area contributed by atoms with E-state index in [4.69, 9.17) is 14.9 Å². The summed E-state index contributed by atoms with van der Waals surface area (Å²) >= 11 is 0. The fourth-order valence-corrected chi connectivity index (χ4v) is 1.62. The van der Waals surface area contributed by atoms with Crippen molar-refractivity contribution < 1.29 is 9.15 Å². The third-order valence-corrected chi connectivity index (χ3v) is 2.66. The lowest BCUT2D eigenvalue weighted by Gasteiger charge is -2.08. The Morgan fingerprint density at radius 1 is 1.24 bits per heavy atom. The monoisotopic (exact) mass is 231 g/mol. The van der Waals surface area contributed by atoms with E-state index in [2.05, 4.69) is 12.1 Å². The molecule has 0 radical (unpaired) electrons. The lowest BCUT2D eigenvalue weighted by Crippen LogP contribution is -1.97. The van der Waals surface area contributed by atoms with E-state index < -0.39 is 0 Å². The highest BCUT2D eigenvalue weighted by Gasteiger charge is 2.04. The topological polar surface area (TPSA) is 48.4 Å². The first-order chi connectivity index (χ1) is 8.19. The quantitative estimate of drug-likeness (QED) is 0.880. The summed E-state index contributed by atoms with van der Waals surface area (Å²) in [6, 6.07) is 8.08. The number of hydrogen-bond acceptors (Lipinski definition) is 3. The van der Waals surface area contributed by atoms with Crippen LogP contribution >= 0.6 is 0 Å². The van der Waals surface area contributed by atoms with Crippen molar-refractivity contribution in [2.45, 2.75) is 27.0 Å². The molecule has 3 heteroatoms. The summed E-state index contributed by atoms with van der Waals surface area (Å²) in [6.07, 6.45) is 1.67. The highest BCUT2D eigenvalue weighted by atomic mass is 16.5. The van der Waals surface area contributed by atoms with Crippen LogP contribution in [-0.2, 0) is 13.2 Å². The fraction of sp³-hybridized carbons (Fsp3) is 0.286. The van der Waals surface area contributed by atoms with E-state index in [0.29, 0.717) is 13.2 Å². The van der Waals surface area contributed by atoms with Crippen LogP contribution < -0.4 is 10.5 Å². The molecule has 0 bridgehead atoms. The molecule has 0 fully saturated rings. The minimum absolute atomic E-state index is 0.435. The molecule has 17 heavy (non-hydrogen) atoms. The van der Waals surface area contributed by atoms with Crippen LogP contribution in [0.5, 0.6) is 5.75 Å². The molecule has 1 heterocycles. The third kappa shape index (κ3) is 2.88. The molecule has 1 aromatic heterocycles. The van der Waals surface area contributed by atoms with Crippen LogP contribution in [0.3, 0.4) is 0 Å². The van der Waals surface area contributed by atoms with Crippen molar-refractivity contribution in [2.24, 2.45) is 5.73 Å². The SMILES string of the molecule is Cc1ccc(C)c(OCc2cc(CN)co2)c1. The number of furan rings is 1. The Bertz CT molecular complexity index is 503. The predicted octanol–water partition coefficient (Wildman–Crippen LogP) is 2.93. The van der Waals surface area contributed by atoms with Gasteiger partial charge < -0.3 is 14.9 Å². The second kappa shape index (κ2) is 5.06. The number of benzene rings is 1. The van der Waals surface area contributed by atoms with Crippen molar-refractivity contribution in [1.82, 2.24) is 0 Å². The summed E-state index contributed by atoms with van der Waals surface area (Å²) in [5.41, 5.74) is 8.82. The van der Waals surface area contributed by atoms with E-state index in [9.17, 15) is 0 Å². The average Bonchev–Trinajstić information content (AvgIpc) is 2.78. The first-order valence-electron chi connectivity index (χ1n) is 5.65. The molecule has 2 N–H and O–H groups in total. The van der Waals surface area contributed by atoms with Crippen molar-refractivity contribution >= 4 is 0 Å². The van der Waals surface area contributed by atoms with Gasteiger partial charge in [-0.25, -0.2) is 0 Å². The average molecular weight is 231 g/mol. The van der Waals surface area contributed by atoms with Crippen molar-refractivity contribution in [3.63, 3.8) is 0 Å². The number of ether oxygens (including phenoxy) is 1. The maximum Gasteiger partial charge on any atom is 0.146 e. The number of aryl methyl sites for hydroxylation is 2. The molecule has 0 spiro atoms. The molecule has 3 nitrogen and oxygen atoms in total. The second-order valence-electron chi connectivity index (χ2n) is 4.18. The van der Waals surface area contributed by atoms with Gasteiger partial charge in [0.15, 0.2) is 0 Å². The Morgan fingerprint density at radius 3 is 2.76 bits per heavy atom. The summed E-state index contributed by atoms with van der Waals surface area (Å²) in [4.78, 5) is 0. The van der Waals surface area contributed by atoms with Gasteiger partial charge in [-0.15, -0.1) is 0 Å². The van der Waals surface area contributed by atoms with E-state index in [1.54, 1.807) is 6.26 Å². The van der Waals surface area contributed by atoms with Crippen molar-refractivity contribution in [1.29, 1.82) is 0 Å². The highest BCUT2D eigenvalue weighted by molar-refractivity contribution is 5.36. The molecule has 0 aliphatic rings. The zero-order valence-corrected chi connectivity index (χ0v) is 10.2. The third-order valence-electron chi connectivity index (χ3n) is 2.66. The number of rotatable bonds is 4. The maximum absolute atomic E-state index is 5.73. The Labute approximate surface area is 101 Å². The maximum atomic E-state index is 5.73. The molecular formula is C14H17NO2. The van der Waals surface area contributed by atoms with Gasteiger partial charge >= 0.3 is 0 Å². The zero-order valence-electron chi connectivity index (χ0n) is 10.2. The summed E-state index contributed by atoms with van der Waals surface area (Å²) in [5, 5.41) is 0. The molecule has 2 aromatic rings. The van der Waals surface area contributed by atoms with Crippen LogP contribution in [0.1, 0.15) is 22.5 Å². The van der Waals surface area contributed by atoms with Gasteiger partial charge in [-0.3, -0.25) is 0 Å². The smallest absolute Gasteiger partial charge is 0.146 e. The van der Waals surface area contributed by atoms with Crippen molar-refractivity contribution in [3.05, 3.63) is 53.0 Å². The molecule has 2 rings (SSSR count). The van der Waals surface area contributed by atoms with Gasteiger partial charge in [0.2, 0.25) is 0 Å². The lowest BCUT2D eigenvalue weighted by molar-refractivity contribution is 0.268. The molecule has 0 unspecified atom stereocenters. The molecule has 90 valence electrons. The summed E-state index contributed by atoms with van der Waals surface area (Å²) < 4.78 is 11.1. The Hall–Kier alpha value is -1.74. The van der Waals surface area contributed by atoms with Gasteiger partial charge in [-0.05, 0) is 37.1 Å². The molecule has 0 aliphatic carbocycles. The van der Waals surface area contributed by atoms with E-state index in [1.807, 2.05) is 26.0 Å². The van der Waals surface area contributed by atoms with Crippen LogP contribution in [-0.4, -0.2) is 0 Å². The van der Waals surface area contributed by atoms with Gasteiger partial charge in [-0.2, -0.15) is 0 Å². The molecule has 0 amide bonds. The summed E-state index contributed by atoms with van der Waals surface area (Å²) in [6.45, 7) is 5.01. The van der Waals surface area contributed by atoms with Gasteiger partial charge in [0.1, 0.15) is 18.1 Å². The minimum atomic E-state index is 0.435. The number of hydrogen-bond donors (Lipinski definition) is 1. The first kappa shape index (κ1) is 11.7. The zero-order chi connectivity index (χ0) is 12.3. The summed E-state index contributed by atoms with van der Waals surface area (Å²) in [5.74, 6) is 1.70. The Morgan fingerprint density at radius 2 is 2.06 bits per heavy atom. The van der Waals surface area contributed by atoms with Gasteiger partial charge in [0.05, 0.1) is 6.26 Å². The molecule has 0 aliphatic heterocycles. The largest absolute Gasteiger partial charge is 0.485 e. The van der Waals surface area contributed by atoms with E-state index >= 15 is 0 Å². The predicted molar refractivity (Wildman–Crippen MR) is 66.8 cm³/mol. The van der Waals surface area contributed by atoms with Crippen LogP contribution in [0.2, 0.25) is 0 Å². The first-order valence-corrected chi connectivity index (χ1v) is 5.65. The van der Waals surface area contributed by atoms with Crippen molar-refractivity contribution in [3.8, 4) is 5.75 Å². The van der Waals surface area contributed by atoms with E-state index in [0.717, 1.165) is 22.6 Å². The Balaban J connectivity index is 2.04. The lowest BCUT2D eigenvalue weighted by atomic mass is 10.1. The van der Waals surface area contributed by atoms with E-state index in [1.165, 1.54) is 5.56 Å². The molecule has 0 saturated heterocycles. The van der Waals surface area contributed by atoms with Crippen molar-refractivity contribution in [2.75, 3.05) is 0 Å². The molecular weight excluding hydrogens is 214 g/mol. The van der Waals surface area contributed by atoms with E-state index in [-0.39, 0.29) is 0 Å². The second-order valence-corrected chi connectivity index (χ2v) is 4.18. The number of nitrogens with two attached hydrogens (primary N) is 1. The normalized spacial score (nSPS) is 10.5. The fourth-order valence-electron chi connectivity index (χ4n) is 1.62. The molecule has 1 aromatic carbocycles. The van der Waals surface area contributed by atoms with Crippen LogP contribution in [0, 0.1) is 13.8 Å². The molecule has 0 atom stereocenters.